The van der Waals surface area contributed by atoms with Crippen molar-refractivity contribution in [2.45, 2.75) is 33.6 Å². The fourth-order valence-corrected chi connectivity index (χ4v) is 1.81. The van der Waals surface area contributed by atoms with Gasteiger partial charge in [-0.05, 0) is 37.3 Å². The zero-order valence-corrected chi connectivity index (χ0v) is 12.5. The summed E-state index contributed by atoms with van der Waals surface area (Å²) in [4.78, 5) is 15.7. The molecule has 1 rings (SSSR count). The number of pyridine rings is 1. The summed E-state index contributed by atoms with van der Waals surface area (Å²) in [6, 6.07) is 3.47. The van der Waals surface area contributed by atoms with Crippen molar-refractivity contribution in [3.63, 3.8) is 0 Å². The Bertz CT molecular complexity index is 416. The number of hydrogen-bond acceptors (Lipinski definition) is 5. The topological polar surface area (TPSA) is 71.5 Å². The monoisotopic (exact) mass is 280 g/mol. The van der Waals surface area contributed by atoms with Crippen molar-refractivity contribution in [1.29, 1.82) is 0 Å². The third-order valence-electron chi connectivity index (χ3n) is 3.03. The van der Waals surface area contributed by atoms with Gasteiger partial charge in [0.15, 0.2) is 0 Å². The zero-order chi connectivity index (χ0) is 15.0. The highest BCUT2D eigenvalue weighted by Gasteiger charge is 2.17. The summed E-state index contributed by atoms with van der Waals surface area (Å²) in [5, 5.41) is 12.1. The minimum Gasteiger partial charge on any atom is -0.462 e. The van der Waals surface area contributed by atoms with Gasteiger partial charge in [-0.3, -0.25) is 0 Å². The molecule has 0 atom stereocenters. The van der Waals surface area contributed by atoms with Gasteiger partial charge < -0.3 is 15.2 Å². The maximum absolute atomic E-state index is 11.5. The molecule has 0 fully saturated rings. The summed E-state index contributed by atoms with van der Waals surface area (Å²) in [6.45, 7) is 7.40. The van der Waals surface area contributed by atoms with E-state index < -0.39 is 0 Å². The summed E-state index contributed by atoms with van der Waals surface area (Å²) < 4.78 is 4.90. The van der Waals surface area contributed by atoms with E-state index in [0.29, 0.717) is 12.2 Å². The van der Waals surface area contributed by atoms with Crippen LogP contribution in [0.2, 0.25) is 0 Å². The number of esters is 1. The van der Waals surface area contributed by atoms with Crippen LogP contribution in [0.15, 0.2) is 18.3 Å². The Morgan fingerprint density at radius 3 is 2.75 bits per heavy atom. The van der Waals surface area contributed by atoms with Crippen molar-refractivity contribution < 1.29 is 14.6 Å². The number of hydrogen-bond donors (Lipinski definition) is 2. The number of anilines is 1. The average molecular weight is 280 g/mol. The lowest BCUT2D eigenvalue weighted by Crippen LogP contribution is -2.23. The third-order valence-corrected chi connectivity index (χ3v) is 3.03. The molecule has 0 amide bonds. The van der Waals surface area contributed by atoms with Gasteiger partial charge in [-0.1, -0.05) is 13.8 Å². The van der Waals surface area contributed by atoms with Crippen LogP contribution in [0.25, 0.3) is 0 Å². The molecule has 1 aromatic heterocycles. The molecule has 20 heavy (non-hydrogen) atoms. The Hall–Kier alpha value is -1.62. The number of rotatable bonds is 8. The highest BCUT2D eigenvalue weighted by molar-refractivity contribution is 5.89. The van der Waals surface area contributed by atoms with Crippen molar-refractivity contribution in [2.75, 3.05) is 25.1 Å². The highest BCUT2D eigenvalue weighted by Crippen LogP contribution is 2.22. The maximum atomic E-state index is 11.5. The summed E-state index contributed by atoms with van der Waals surface area (Å²) >= 11 is 0. The van der Waals surface area contributed by atoms with Gasteiger partial charge >= 0.3 is 5.97 Å². The average Bonchev–Trinajstić information content (AvgIpc) is 2.44. The number of carbonyl (C=O) groups is 1. The number of ether oxygens (including phenoxy) is 1. The van der Waals surface area contributed by atoms with E-state index in [9.17, 15) is 4.79 Å². The van der Waals surface area contributed by atoms with Crippen LogP contribution in [0.4, 0.5) is 5.82 Å². The molecule has 0 aliphatic rings. The molecule has 1 aromatic rings. The summed E-state index contributed by atoms with van der Waals surface area (Å²) in [5.74, 6) is 0.380. The first-order valence-corrected chi connectivity index (χ1v) is 6.96. The Labute approximate surface area is 120 Å². The SMILES string of the molecule is CCOC(=O)c1ccc(NCC(C)(C)CCCO)nc1. The number of nitrogens with one attached hydrogen (secondary N) is 1. The van der Waals surface area contributed by atoms with E-state index in [1.54, 1.807) is 19.1 Å². The van der Waals surface area contributed by atoms with Gasteiger partial charge in [0.1, 0.15) is 5.82 Å². The number of aromatic nitrogens is 1. The highest BCUT2D eigenvalue weighted by atomic mass is 16.5. The second kappa shape index (κ2) is 7.85. The second-order valence-corrected chi connectivity index (χ2v) is 5.50. The fraction of sp³-hybridized carbons (Fsp3) is 0.600. The van der Waals surface area contributed by atoms with Gasteiger partial charge in [-0.2, -0.15) is 0 Å². The molecule has 0 aliphatic heterocycles. The minimum atomic E-state index is -0.352. The first kappa shape index (κ1) is 16.4. The van der Waals surface area contributed by atoms with Crippen LogP contribution in [0.1, 0.15) is 44.0 Å². The van der Waals surface area contributed by atoms with E-state index in [-0.39, 0.29) is 18.0 Å². The largest absolute Gasteiger partial charge is 0.462 e. The van der Waals surface area contributed by atoms with Crippen LogP contribution < -0.4 is 5.32 Å². The fourth-order valence-electron chi connectivity index (χ4n) is 1.81. The smallest absolute Gasteiger partial charge is 0.339 e. The van der Waals surface area contributed by atoms with E-state index >= 15 is 0 Å². The van der Waals surface area contributed by atoms with Crippen molar-refractivity contribution in [3.05, 3.63) is 23.9 Å². The molecule has 0 aliphatic carbocycles. The Kier molecular flexibility index (Phi) is 6.45. The molecule has 0 saturated carbocycles. The predicted molar refractivity (Wildman–Crippen MR) is 78.8 cm³/mol. The predicted octanol–water partition coefficient (Wildman–Crippen LogP) is 2.47. The maximum Gasteiger partial charge on any atom is 0.339 e. The molecule has 0 bridgehead atoms. The zero-order valence-electron chi connectivity index (χ0n) is 12.5. The van der Waals surface area contributed by atoms with Gasteiger partial charge in [-0.15, -0.1) is 0 Å². The molecule has 1 heterocycles. The lowest BCUT2D eigenvalue weighted by atomic mass is 9.88. The Morgan fingerprint density at radius 1 is 1.45 bits per heavy atom. The molecule has 0 unspecified atom stereocenters. The number of carbonyl (C=O) groups excluding carboxylic acids is 1. The standard InChI is InChI=1S/C15H24N2O3/c1-4-20-14(19)12-6-7-13(16-10-12)17-11-15(2,3)8-5-9-18/h6-7,10,18H,4-5,8-9,11H2,1-3H3,(H,16,17). The van der Waals surface area contributed by atoms with E-state index in [1.165, 1.54) is 6.20 Å². The quantitative estimate of drug-likeness (QED) is 0.716. The van der Waals surface area contributed by atoms with Gasteiger partial charge in [0.25, 0.3) is 0 Å². The molecule has 0 spiro atoms. The van der Waals surface area contributed by atoms with Crippen molar-refractivity contribution in [2.24, 2.45) is 5.41 Å². The Balaban J connectivity index is 2.51. The van der Waals surface area contributed by atoms with Crippen LogP contribution in [-0.2, 0) is 4.74 Å². The third kappa shape index (κ3) is 5.57. The Morgan fingerprint density at radius 2 is 2.20 bits per heavy atom. The van der Waals surface area contributed by atoms with E-state index in [4.69, 9.17) is 9.84 Å². The molecular formula is C15H24N2O3. The summed E-state index contributed by atoms with van der Waals surface area (Å²) in [5.41, 5.74) is 0.543. The van der Waals surface area contributed by atoms with E-state index in [2.05, 4.69) is 24.1 Å². The van der Waals surface area contributed by atoms with Crippen molar-refractivity contribution in [1.82, 2.24) is 4.98 Å². The van der Waals surface area contributed by atoms with Crippen molar-refractivity contribution in [3.8, 4) is 0 Å². The second-order valence-electron chi connectivity index (χ2n) is 5.50. The molecular weight excluding hydrogens is 256 g/mol. The lowest BCUT2D eigenvalue weighted by molar-refractivity contribution is 0.0526. The molecule has 2 N–H and O–H groups in total. The molecule has 0 radical (unpaired) electrons. The van der Waals surface area contributed by atoms with E-state index in [0.717, 1.165) is 25.2 Å². The molecule has 5 nitrogen and oxygen atoms in total. The number of aliphatic hydroxyl groups is 1. The van der Waals surface area contributed by atoms with Crippen LogP contribution in [-0.4, -0.2) is 35.8 Å². The summed E-state index contributed by atoms with van der Waals surface area (Å²) in [6.07, 6.45) is 3.25. The lowest BCUT2D eigenvalue weighted by Gasteiger charge is -2.24. The van der Waals surface area contributed by atoms with Crippen LogP contribution in [0, 0.1) is 5.41 Å². The van der Waals surface area contributed by atoms with Gasteiger partial charge in [0.05, 0.1) is 12.2 Å². The first-order chi connectivity index (χ1) is 9.48. The normalized spacial score (nSPS) is 11.2. The van der Waals surface area contributed by atoms with Gasteiger partial charge in [-0.25, -0.2) is 9.78 Å². The summed E-state index contributed by atoms with van der Waals surface area (Å²) in [7, 11) is 0. The van der Waals surface area contributed by atoms with Crippen LogP contribution >= 0.6 is 0 Å². The molecule has 5 heteroatoms. The van der Waals surface area contributed by atoms with Crippen molar-refractivity contribution >= 4 is 11.8 Å². The molecule has 0 saturated heterocycles. The first-order valence-electron chi connectivity index (χ1n) is 6.96. The van der Waals surface area contributed by atoms with Crippen LogP contribution in [0.3, 0.4) is 0 Å². The minimum absolute atomic E-state index is 0.0875. The van der Waals surface area contributed by atoms with Crippen LogP contribution in [0.5, 0.6) is 0 Å². The van der Waals surface area contributed by atoms with Gasteiger partial charge in [0, 0.05) is 19.3 Å². The van der Waals surface area contributed by atoms with E-state index in [1.807, 2.05) is 0 Å². The van der Waals surface area contributed by atoms with Gasteiger partial charge in [0.2, 0.25) is 0 Å². The molecule has 112 valence electrons. The number of nitrogens with zero attached hydrogens (tertiary/aromatic N) is 1. The number of aliphatic hydroxyl groups excluding tert-OH is 1. The molecule has 0 aromatic carbocycles.